The summed E-state index contributed by atoms with van der Waals surface area (Å²) in [7, 11) is 0. The number of nitrogens with zero attached hydrogens (tertiary/aromatic N) is 1. The van der Waals surface area contributed by atoms with Crippen LogP contribution in [0.5, 0.6) is 0 Å². The van der Waals surface area contributed by atoms with Gasteiger partial charge in [-0.15, -0.1) is 0 Å². The Balaban J connectivity index is 1.23. The number of carboxylic acids is 1. The highest BCUT2D eigenvalue weighted by atomic mass is 16.5. The lowest BCUT2D eigenvalue weighted by molar-refractivity contribution is -0.155. The molecule has 0 bridgehead atoms. The number of carbonyl (C=O) groups is 3. The fraction of sp³-hybridized carbons (Fsp3) is 0.400. The summed E-state index contributed by atoms with van der Waals surface area (Å²) in [6.07, 6.45) is 1.42. The van der Waals surface area contributed by atoms with Crippen LogP contribution in [0.15, 0.2) is 48.5 Å². The van der Waals surface area contributed by atoms with Gasteiger partial charge in [0, 0.05) is 12.5 Å². The van der Waals surface area contributed by atoms with Crippen molar-refractivity contribution in [3.63, 3.8) is 0 Å². The summed E-state index contributed by atoms with van der Waals surface area (Å²) in [5.74, 6) is -1.38. The monoisotopic (exact) mass is 434 g/mol. The molecule has 2 N–H and O–H groups in total. The zero-order valence-electron chi connectivity index (χ0n) is 17.9. The first-order valence-electron chi connectivity index (χ1n) is 11.1. The molecule has 0 radical (unpaired) electrons. The topological polar surface area (TPSA) is 95.9 Å². The molecule has 7 nitrogen and oxygen atoms in total. The number of amides is 2. The van der Waals surface area contributed by atoms with Gasteiger partial charge in [0.25, 0.3) is 0 Å². The van der Waals surface area contributed by atoms with Gasteiger partial charge in [0.1, 0.15) is 18.2 Å². The molecule has 7 heteroatoms. The standard InChI is InChI=1S/C25H26N2O5/c1-15(22(28)27-12-6-7-16-13-25(16,27)23(29)30)26-24(31)32-14-21-19-10-4-2-8-17(19)18-9-3-5-11-20(18)21/h2-5,8-11,15-16,21H,6-7,12-14H2,1H3,(H,26,31)(H,29,30). The number of likely N-dealkylation sites (tertiary alicyclic amines) is 1. The van der Waals surface area contributed by atoms with Crippen molar-refractivity contribution in [3.05, 3.63) is 59.7 Å². The number of rotatable bonds is 5. The van der Waals surface area contributed by atoms with Gasteiger partial charge in [-0.1, -0.05) is 48.5 Å². The molecule has 2 fully saturated rings. The molecule has 1 saturated heterocycles. The van der Waals surface area contributed by atoms with E-state index in [0.717, 1.165) is 35.1 Å². The lowest BCUT2D eigenvalue weighted by atomic mass is 9.98. The van der Waals surface area contributed by atoms with Gasteiger partial charge in [-0.25, -0.2) is 9.59 Å². The van der Waals surface area contributed by atoms with Crippen LogP contribution in [0.25, 0.3) is 11.1 Å². The van der Waals surface area contributed by atoms with E-state index in [9.17, 15) is 19.5 Å². The van der Waals surface area contributed by atoms with Crippen LogP contribution in [0, 0.1) is 5.92 Å². The number of hydrogen-bond acceptors (Lipinski definition) is 4. The summed E-state index contributed by atoms with van der Waals surface area (Å²) in [5, 5.41) is 12.3. The van der Waals surface area contributed by atoms with Crippen LogP contribution >= 0.6 is 0 Å². The van der Waals surface area contributed by atoms with Gasteiger partial charge in [-0.2, -0.15) is 0 Å². The van der Waals surface area contributed by atoms with Gasteiger partial charge < -0.3 is 20.1 Å². The second kappa shape index (κ2) is 7.65. The van der Waals surface area contributed by atoms with Gasteiger partial charge in [0.05, 0.1) is 0 Å². The molecule has 5 rings (SSSR count). The van der Waals surface area contributed by atoms with E-state index < -0.39 is 23.6 Å². The van der Waals surface area contributed by atoms with E-state index in [-0.39, 0.29) is 24.3 Å². The maximum atomic E-state index is 13.0. The summed E-state index contributed by atoms with van der Waals surface area (Å²) in [4.78, 5) is 38.7. The molecule has 2 aromatic rings. The fourth-order valence-electron chi connectivity index (χ4n) is 5.48. The number of piperidine rings is 1. The number of carboxylic acid groups (broad SMARTS) is 1. The molecule has 166 valence electrons. The van der Waals surface area contributed by atoms with Crippen molar-refractivity contribution in [3.8, 4) is 11.1 Å². The molecular weight excluding hydrogens is 408 g/mol. The molecule has 3 unspecified atom stereocenters. The lowest BCUT2D eigenvalue weighted by Gasteiger charge is -2.35. The molecule has 1 heterocycles. The molecule has 1 saturated carbocycles. The normalized spacial score (nSPS) is 24.0. The summed E-state index contributed by atoms with van der Waals surface area (Å²) in [5.41, 5.74) is 3.42. The van der Waals surface area contributed by atoms with Crippen molar-refractivity contribution in [2.75, 3.05) is 13.2 Å². The number of ether oxygens (including phenoxy) is 1. The van der Waals surface area contributed by atoms with E-state index in [2.05, 4.69) is 17.4 Å². The predicted molar refractivity (Wildman–Crippen MR) is 117 cm³/mol. The van der Waals surface area contributed by atoms with Crippen LogP contribution in [0.3, 0.4) is 0 Å². The zero-order chi connectivity index (χ0) is 22.5. The molecule has 0 spiro atoms. The third kappa shape index (κ3) is 3.15. The van der Waals surface area contributed by atoms with E-state index in [0.29, 0.717) is 13.0 Å². The van der Waals surface area contributed by atoms with Crippen molar-refractivity contribution in [1.29, 1.82) is 0 Å². The fourth-order valence-corrected chi connectivity index (χ4v) is 5.48. The third-order valence-corrected chi connectivity index (χ3v) is 7.17. The molecule has 3 aliphatic rings. The summed E-state index contributed by atoms with van der Waals surface area (Å²) in [6, 6.07) is 15.3. The minimum atomic E-state index is -1.09. The van der Waals surface area contributed by atoms with Crippen LogP contribution in [-0.2, 0) is 14.3 Å². The Hall–Kier alpha value is -3.35. The number of aliphatic carboxylic acids is 1. The molecule has 3 atom stereocenters. The average molecular weight is 434 g/mol. The number of benzene rings is 2. The molecule has 2 aliphatic carbocycles. The summed E-state index contributed by atoms with van der Waals surface area (Å²) >= 11 is 0. The van der Waals surface area contributed by atoms with Crippen LogP contribution in [0.4, 0.5) is 4.79 Å². The smallest absolute Gasteiger partial charge is 0.407 e. The van der Waals surface area contributed by atoms with Gasteiger partial charge in [0.2, 0.25) is 5.91 Å². The number of hydrogen-bond donors (Lipinski definition) is 2. The molecule has 1 aliphatic heterocycles. The number of fused-ring (bicyclic) bond motifs is 4. The quantitative estimate of drug-likeness (QED) is 0.752. The zero-order valence-corrected chi connectivity index (χ0v) is 17.9. The number of carbonyl (C=O) groups excluding carboxylic acids is 2. The molecule has 2 amide bonds. The van der Waals surface area contributed by atoms with Crippen molar-refractivity contribution in [2.45, 2.75) is 43.7 Å². The molecule has 2 aromatic carbocycles. The van der Waals surface area contributed by atoms with Crippen molar-refractivity contribution in [2.24, 2.45) is 5.92 Å². The van der Waals surface area contributed by atoms with E-state index >= 15 is 0 Å². The number of nitrogens with one attached hydrogen (secondary N) is 1. The van der Waals surface area contributed by atoms with E-state index in [4.69, 9.17) is 4.74 Å². The Bertz CT molecular complexity index is 1050. The van der Waals surface area contributed by atoms with Crippen LogP contribution in [-0.4, -0.2) is 52.7 Å². The van der Waals surface area contributed by atoms with Crippen molar-refractivity contribution >= 4 is 18.0 Å². The van der Waals surface area contributed by atoms with Gasteiger partial charge in [-0.3, -0.25) is 4.79 Å². The molecule has 32 heavy (non-hydrogen) atoms. The van der Waals surface area contributed by atoms with Gasteiger partial charge >= 0.3 is 12.1 Å². The van der Waals surface area contributed by atoms with Gasteiger partial charge in [0.15, 0.2) is 0 Å². The molecule has 0 aromatic heterocycles. The van der Waals surface area contributed by atoms with Gasteiger partial charge in [-0.05, 0) is 54.4 Å². The van der Waals surface area contributed by atoms with E-state index in [1.54, 1.807) is 6.92 Å². The first-order valence-corrected chi connectivity index (χ1v) is 11.1. The highest BCUT2D eigenvalue weighted by Crippen LogP contribution is 2.54. The maximum absolute atomic E-state index is 13.0. The molecular formula is C25H26N2O5. The summed E-state index contributed by atoms with van der Waals surface area (Å²) < 4.78 is 5.52. The van der Waals surface area contributed by atoms with Crippen LogP contribution < -0.4 is 5.32 Å². The Labute approximate surface area is 186 Å². The third-order valence-electron chi connectivity index (χ3n) is 7.17. The van der Waals surface area contributed by atoms with Crippen molar-refractivity contribution in [1.82, 2.24) is 10.2 Å². The number of alkyl carbamates (subject to hydrolysis) is 1. The lowest BCUT2D eigenvalue weighted by Crippen LogP contribution is -2.56. The SMILES string of the molecule is CC(NC(=O)OCC1c2ccccc2-c2ccccc21)C(=O)N1CCCC2CC21C(=O)O. The van der Waals surface area contributed by atoms with Crippen molar-refractivity contribution < 1.29 is 24.2 Å². The second-order valence-electron chi connectivity index (χ2n) is 8.95. The van der Waals surface area contributed by atoms with E-state index in [1.807, 2.05) is 36.4 Å². The highest BCUT2D eigenvalue weighted by Gasteiger charge is 2.67. The first-order chi connectivity index (χ1) is 15.4. The Morgan fingerprint density at radius 3 is 2.38 bits per heavy atom. The largest absolute Gasteiger partial charge is 0.479 e. The Morgan fingerprint density at radius 1 is 1.12 bits per heavy atom. The minimum absolute atomic E-state index is 0.0133. The minimum Gasteiger partial charge on any atom is -0.479 e. The Morgan fingerprint density at radius 2 is 1.75 bits per heavy atom. The first kappa shape index (κ1) is 20.5. The predicted octanol–water partition coefficient (Wildman–Crippen LogP) is 3.38. The second-order valence-corrected chi connectivity index (χ2v) is 8.95. The van der Waals surface area contributed by atoms with Crippen LogP contribution in [0.2, 0.25) is 0 Å². The Kier molecular flexibility index (Phi) is 4.92. The average Bonchev–Trinajstić information content (AvgIpc) is 3.48. The maximum Gasteiger partial charge on any atom is 0.407 e. The van der Waals surface area contributed by atoms with Crippen LogP contribution in [0.1, 0.15) is 43.2 Å². The highest BCUT2D eigenvalue weighted by molar-refractivity contribution is 5.93. The summed E-state index contributed by atoms with van der Waals surface area (Å²) in [6.45, 7) is 2.13. The van der Waals surface area contributed by atoms with E-state index in [1.165, 1.54) is 4.90 Å².